The highest BCUT2D eigenvalue weighted by Gasteiger charge is 2.22. The predicted octanol–water partition coefficient (Wildman–Crippen LogP) is 3.44. The van der Waals surface area contributed by atoms with Crippen molar-refractivity contribution in [2.24, 2.45) is 5.92 Å². The summed E-state index contributed by atoms with van der Waals surface area (Å²) in [6, 6.07) is 4.38. The van der Waals surface area contributed by atoms with Crippen LogP contribution in [0.4, 0.5) is 5.82 Å². The molecule has 1 atom stereocenters. The smallest absolute Gasteiger partial charge is 0.128 e. The van der Waals surface area contributed by atoms with E-state index in [4.69, 9.17) is 0 Å². The molecule has 1 aliphatic rings. The van der Waals surface area contributed by atoms with E-state index in [1.165, 1.54) is 37.3 Å². The molecular weight excluding hydrogens is 196 g/mol. The first kappa shape index (κ1) is 11.4. The second kappa shape index (κ2) is 4.86. The van der Waals surface area contributed by atoms with E-state index in [1.54, 1.807) is 0 Å². The standard InChI is InChI=1S/C14H22N2/c1-4-12-6-8-16(10-12)14-9-13(11(2)3)5-7-15-14/h5,7,9,11-12H,4,6,8,10H2,1-3H3. The van der Waals surface area contributed by atoms with Crippen molar-refractivity contribution in [3.8, 4) is 0 Å². The molecule has 1 fully saturated rings. The van der Waals surface area contributed by atoms with Gasteiger partial charge >= 0.3 is 0 Å². The molecule has 0 saturated carbocycles. The number of pyridine rings is 1. The molecule has 0 aromatic carbocycles. The summed E-state index contributed by atoms with van der Waals surface area (Å²) in [7, 11) is 0. The van der Waals surface area contributed by atoms with Gasteiger partial charge in [-0.1, -0.05) is 27.2 Å². The second-order valence-electron chi connectivity index (χ2n) is 5.11. The first-order valence-electron chi connectivity index (χ1n) is 6.41. The van der Waals surface area contributed by atoms with E-state index in [9.17, 15) is 0 Å². The van der Waals surface area contributed by atoms with Gasteiger partial charge in [0.25, 0.3) is 0 Å². The average molecular weight is 218 g/mol. The summed E-state index contributed by atoms with van der Waals surface area (Å²) in [6.45, 7) is 9.11. The van der Waals surface area contributed by atoms with Crippen LogP contribution in [0.3, 0.4) is 0 Å². The molecule has 2 heterocycles. The minimum atomic E-state index is 0.589. The van der Waals surface area contributed by atoms with Crippen LogP contribution in [0.25, 0.3) is 0 Å². The average Bonchev–Trinajstić information content (AvgIpc) is 2.77. The third-order valence-corrected chi connectivity index (χ3v) is 3.62. The summed E-state index contributed by atoms with van der Waals surface area (Å²) in [6.07, 6.45) is 4.56. The van der Waals surface area contributed by atoms with Crippen LogP contribution in [0.15, 0.2) is 18.3 Å². The quantitative estimate of drug-likeness (QED) is 0.772. The Hall–Kier alpha value is -1.05. The molecule has 16 heavy (non-hydrogen) atoms. The van der Waals surface area contributed by atoms with Crippen molar-refractivity contribution in [2.75, 3.05) is 18.0 Å². The SMILES string of the molecule is CCC1CCN(c2cc(C(C)C)ccn2)C1. The predicted molar refractivity (Wildman–Crippen MR) is 68.9 cm³/mol. The summed E-state index contributed by atoms with van der Waals surface area (Å²) < 4.78 is 0. The molecule has 0 aliphatic carbocycles. The fraction of sp³-hybridized carbons (Fsp3) is 0.643. The van der Waals surface area contributed by atoms with E-state index >= 15 is 0 Å². The van der Waals surface area contributed by atoms with Gasteiger partial charge in [-0.15, -0.1) is 0 Å². The van der Waals surface area contributed by atoms with Gasteiger partial charge in [-0.2, -0.15) is 0 Å². The zero-order valence-corrected chi connectivity index (χ0v) is 10.6. The van der Waals surface area contributed by atoms with E-state index in [0.29, 0.717) is 5.92 Å². The molecule has 88 valence electrons. The van der Waals surface area contributed by atoms with Gasteiger partial charge in [-0.3, -0.25) is 0 Å². The van der Waals surface area contributed by atoms with Crippen LogP contribution < -0.4 is 4.90 Å². The highest BCUT2D eigenvalue weighted by Crippen LogP contribution is 2.26. The molecule has 1 unspecified atom stereocenters. The maximum atomic E-state index is 4.50. The first-order valence-corrected chi connectivity index (χ1v) is 6.41. The Morgan fingerprint density at radius 2 is 2.31 bits per heavy atom. The molecule has 2 heteroatoms. The van der Waals surface area contributed by atoms with Gasteiger partial charge < -0.3 is 4.90 Å². The summed E-state index contributed by atoms with van der Waals surface area (Å²) in [5.41, 5.74) is 1.39. The Kier molecular flexibility index (Phi) is 3.47. The molecule has 0 radical (unpaired) electrons. The molecule has 0 amide bonds. The minimum absolute atomic E-state index is 0.589. The van der Waals surface area contributed by atoms with Crippen molar-refractivity contribution in [3.63, 3.8) is 0 Å². The molecule has 1 aliphatic heterocycles. The van der Waals surface area contributed by atoms with Gasteiger partial charge in [0.15, 0.2) is 0 Å². The summed E-state index contributed by atoms with van der Waals surface area (Å²) >= 11 is 0. The number of aromatic nitrogens is 1. The lowest BCUT2D eigenvalue weighted by atomic mass is 10.1. The Balaban J connectivity index is 2.12. The number of hydrogen-bond acceptors (Lipinski definition) is 2. The fourth-order valence-corrected chi connectivity index (χ4v) is 2.34. The van der Waals surface area contributed by atoms with E-state index in [2.05, 4.69) is 42.8 Å². The molecule has 0 N–H and O–H groups in total. The molecule has 1 saturated heterocycles. The highest BCUT2D eigenvalue weighted by molar-refractivity contribution is 5.42. The molecular formula is C14H22N2. The van der Waals surface area contributed by atoms with Crippen molar-refractivity contribution < 1.29 is 0 Å². The van der Waals surface area contributed by atoms with Crippen LogP contribution >= 0.6 is 0 Å². The Morgan fingerprint density at radius 3 is 2.94 bits per heavy atom. The van der Waals surface area contributed by atoms with Gasteiger partial charge in [0.1, 0.15) is 5.82 Å². The molecule has 1 aromatic heterocycles. The van der Waals surface area contributed by atoms with Crippen LogP contribution in [0.1, 0.15) is 45.1 Å². The van der Waals surface area contributed by atoms with E-state index in [0.717, 1.165) is 5.92 Å². The Morgan fingerprint density at radius 1 is 1.50 bits per heavy atom. The molecule has 1 aromatic rings. The van der Waals surface area contributed by atoms with Gasteiger partial charge in [0, 0.05) is 19.3 Å². The number of anilines is 1. The van der Waals surface area contributed by atoms with Crippen molar-refractivity contribution in [1.29, 1.82) is 0 Å². The third-order valence-electron chi connectivity index (χ3n) is 3.62. The number of nitrogens with zero attached hydrogens (tertiary/aromatic N) is 2. The van der Waals surface area contributed by atoms with Crippen molar-refractivity contribution >= 4 is 5.82 Å². The van der Waals surface area contributed by atoms with Crippen LogP contribution in [-0.4, -0.2) is 18.1 Å². The molecule has 2 rings (SSSR count). The van der Waals surface area contributed by atoms with Crippen molar-refractivity contribution in [2.45, 2.75) is 39.5 Å². The molecule has 2 nitrogen and oxygen atoms in total. The summed E-state index contributed by atoms with van der Waals surface area (Å²) in [4.78, 5) is 6.93. The summed E-state index contributed by atoms with van der Waals surface area (Å²) in [5.74, 6) is 2.62. The maximum absolute atomic E-state index is 4.50. The van der Waals surface area contributed by atoms with Crippen LogP contribution in [-0.2, 0) is 0 Å². The minimum Gasteiger partial charge on any atom is -0.356 e. The highest BCUT2D eigenvalue weighted by atomic mass is 15.2. The zero-order valence-electron chi connectivity index (χ0n) is 10.6. The second-order valence-corrected chi connectivity index (χ2v) is 5.11. The topological polar surface area (TPSA) is 16.1 Å². The summed E-state index contributed by atoms with van der Waals surface area (Å²) in [5, 5.41) is 0. The monoisotopic (exact) mass is 218 g/mol. The van der Waals surface area contributed by atoms with Crippen LogP contribution in [0, 0.1) is 5.92 Å². The fourth-order valence-electron chi connectivity index (χ4n) is 2.34. The van der Waals surface area contributed by atoms with Gasteiger partial charge in [-0.25, -0.2) is 4.98 Å². The Bertz CT molecular complexity index is 346. The van der Waals surface area contributed by atoms with Crippen LogP contribution in [0.2, 0.25) is 0 Å². The van der Waals surface area contributed by atoms with E-state index in [1.807, 2.05) is 6.20 Å². The van der Waals surface area contributed by atoms with Crippen LogP contribution in [0.5, 0.6) is 0 Å². The number of rotatable bonds is 3. The van der Waals surface area contributed by atoms with E-state index in [-0.39, 0.29) is 0 Å². The van der Waals surface area contributed by atoms with Gasteiger partial charge in [0.05, 0.1) is 0 Å². The molecule has 0 bridgehead atoms. The third kappa shape index (κ3) is 2.37. The van der Waals surface area contributed by atoms with Crippen molar-refractivity contribution in [1.82, 2.24) is 4.98 Å². The lowest BCUT2D eigenvalue weighted by Crippen LogP contribution is -2.20. The lowest BCUT2D eigenvalue weighted by Gasteiger charge is -2.18. The molecule has 0 spiro atoms. The van der Waals surface area contributed by atoms with Crippen molar-refractivity contribution in [3.05, 3.63) is 23.9 Å². The Labute approximate surface area is 98.7 Å². The zero-order chi connectivity index (χ0) is 11.5. The first-order chi connectivity index (χ1) is 7.70. The maximum Gasteiger partial charge on any atom is 0.128 e. The van der Waals surface area contributed by atoms with E-state index < -0.39 is 0 Å². The largest absolute Gasteiger partial charge is 0.356 e. The number of hydrogen-bond donors (Lipinski definition) is 0. The lowest BCUT2D eigenvalue weighted by molar-refractivity contribution is 0.568. The normalized spacial score (nSPS) is 20.8. The van der Waals surface area contributed by atoms with Gasteiger partial charge in [0.2, 0.25) is 0 Å². The van der Waals surface area contributed by atoms with Gasteiger partial charge in [-0.05, 0) is 36.0 Å².